The smallest absolute Gasteiger partial charge is 0.255 e. The van der Waals surface area contributed by atoms with Gasteiger partial charge in [0.1, 0.15) is 6.04 Å². The second kappa shape index (κ2) is 10.8. The third-order valence-electron chi connectivity index (χ3n) is 7.84. The quantitative estimate of drug-likeness (QED) is 0.456. The lowest BCUT2D eigenvalue weighted by Crippen LogP contribution is -2.52. The van der Waals surface area contributed by atoms with Crippen molar-refractivity contribution < 1.29 is 14.4 Å². The Kier molecular flexibility index (Phi) is 7.37. The molecule has 3 aliphatic heterocycles. The average molecular weight is 489 g/mol. The van der Waals surface area contributed by atoms with Crippen LogP contribution in [0.1, 0.15) is 59.2 Å². The van der Waals surface area contributed by atoms with Gasteiger partial charge in [0.15, 0.2) is 0 Å². The zero-order valence-corrected chi connectivity index (χ0v) is 21.2. The number of nitrogens with zero attached hydrogens (tertiary/aromatic N) is 3. The van der Waals surface area contributed by atoms with Crippen molar-refractivity contribution in [3.63, 3.8) is 0 Å². The van der Waals surface area contributed by atoms with Gasteiger partial charge in [0, 0.05) is 50.4 Å². The van der Waals surface area contributed by atoms with Crippen molar-refractivity contribution in [1.29, 1.82) is 0 Å². The van der Waals surface area contributed by atoms with E-state index in [0.717, 1.165) is 57.5 Å². The molecule has 3 heterocycles. The Labute approximate surface area is 213 Å². The summed E-state index contributed by atoms with van der Waals surface area (Å²) in [6.45, 7) is 8.12. The molecule has 5 rings (SSSR count). The summed E-state index contributed by atoms with van der Waals surface area (Å²) in [6, 6.07) is 14.1. The summed E-state index contributed by atoms with van der Waals surface area (Å²) in [5.74, 6) is -0.700. The second-order valence-corrected chi connectivity index (χ2v) is 10.3. The van der Waals surface area contributed by atoms with Crippen LogP contribution in [0.3, 0.4) is 0 Å². The number of carbonyl (C=O) groups is 3. The molecule has 190 valence electrons. The number of hydrogen-bond acceptors (Lipinski definition) is 5. The zero-order chi connectivity index (χ0) is 25.1. The number of amides is 3. The first-order valence-corrected chi connectivity index (χ1v) is 13.3. The van der Waals surface area contributed by atoms with Crippen molar-refractivity contribution >= 4 is 23.4 Å². The minimum Gasteiger partial charge on any atom is -0.369 e. The van der Waals surface area contributed by atoms with Gasteiger partial charge in [0.05, 0.1) is 0 Å². The number of anilines is 1. The lowest BCUT2D eigenvalue weighted by atomic mass is 9.98. The fourth-order valence-corrected chi connectivity index (χ4v) is 5.77. The first-order chi connectivity index (χ1) is 17.5. The largest absolute Gasteiger partial charge is 0.369 e. The van der Waals surface area contributed by atoms with E-state index in [4.69, 9.17) is 0 Å². The SMILES string of the molecule is Cc1cccc(N2CCN(CCCCCc3cccc4c3CN(C3CCC(=O)NC3=O)C4=O)CC2)c1. The minimum atomic E-state index is -0.554. The molecule has 0 aromatic heterocycles. The predicted octanol–water partition coefficient (Wildman–Crippen LogP) is 3.29. The molecule has 0 radical (unpaired) electrons. The molecule has 0 aliphatic carbocycles. The third-order valence-corrected chi connectivity index (χ3v) is 7.84. The van der Waals surface area contributed by atoms with Gasteiger partial charge in [0.2, 0.25) is 11.8 Å². The van der Waals surface area contributed by atoms with Crippen LogP contribution in [0.15, 0.2) is 42.5 Å². The average Bonchev–Trinajstić information content (AvgIpc) is 3.21. The number of rotatable bonds is 8. The summed E-state index contributed by atoms with van der Waals surface area (Å²) in [7, 11) is 0. The molecule has 3 amide bonds. The van der Waals surface area contributed by atoms with Crippen molar-refractivity contribution in [2.45, 2.75) is 58.0 Å². The van der Waals surface area contributed by atoms with E-state index in [1.165, 1.54) is 23.2 Å². The van der Waals surface area contributed by atoms with Crippen LogP contribution in [0.2, 0.25) is 0 Å². The van der Waals surface area contributed by atoms with Crippen LogP contribution in [0.4, 0.5) is 5.69 Å². The topological polar surface area (TPSA) is 73.0 Å². The standard InChI is InChI=1S/C29H36N4O3/c1-21-7-5-10-23(19-21)32-17-15-31(16-18-32)14-4-2-3-8-22-9-6-11-24-25(22)20-33(29(24)36)26-12-13-27(34)30-28(26)35/h5-7,9-11,19,26H,2-4,8,12-18,20H2,1H3,(H,30,34,35). The van der Waals surface area contributed by atoms with E-state index in [9.17, 15) is 14.4 Å². The molecular weight excluding hydrogens is 452 g/mol. The molecular formula is C29H36N4O3. The fourth-order valence-electron chi connectivity index (χ4n) is 5.77. The van der Waals surface area contributed by atoms with Crippen LogP contribution in [0, 0.1) is 6.92 Å². The number of benzene rings is 2. The number of unbranched alkanes of at least 4 members (excludes halogenated alkanes) is 2. The molecule has 0 saturated carbocycles. The maximum absolute atomic E-state index is 13.0. The normalized spacial score (nSPS) is 20.6. The van der Waals surface area contributed by atoms with Crippen LogP contribution < -0.4 is 10.2 Å². The minimum absolute atomic E-state index is 0.0915. The van der Waals surface area contributed by atoms with Crippen molar-refractivity contribution in [2.24, 2.45) is 0 Å². The van der Waals surface area contributed by atoms with Crippen LogP contribution in [-0.4, -0.2) is 66.3 Å². The van der Waals surface area contributed by atoms with Gasteiger partial charge in [0.25, 0.3) is 5.91 Å². The first-order valence-electron chi connectivity index (χ1n) is 13.3. The summed E-state index contributed by atoms with van der Waals surface area (Å²) in [6.07, 6.45) is 5.06. The van der Waals surface area contributed by atoms with Crippen LogP contribution in [0.5, 0.6) is 0 Å². The van der Waals surface area contributed by atoms with Gasteiger partial charge in [-0.15, -0.1) is 0 Å². The summed E-state index contributed by atoms with van der Waals surface area (Å²) >= 11 is 0. The Balaban J connectivity index is 1.07. The molecule has 1 atom stereocenters. The molecule has 3 aliphatic rings. The molecule has 2 aromatic carbocycles. The highest BCUT2D eigenvalue weighted by Crippen LogP contribution is 2.30. The lowest BCUT2D eigenvalue weighted by Gasteiger charge is -2.36. The van der Waals surface area contributed by atoms with Crippen molar-refractivity contribution in [3.8, 4) is 0 Å². The number of carbonyl (C=O) groups excluding carboxylic acids is 3. The van der Waals surface area contributed by atoms with Crippen LogP contribution >= 0.6 is 0 Å². The number of imide groups is 1. The van der Waals surface area contributed by atoms with Gasteiger partial charge in [-0.3, -0.25) is 24.6 Å². The highest BCUT2D eigenvalue weighted by atomic mass is 16.2. The number of piperidine rings is 1. The van der Waals surface area contributed by atoms with E-state index in [2.05, 4.69) is 52.4 Å². The molecule has 2 aromatic rings. The van der Waals surface area contributed by atoms with Gasteiger partial charge in [-0.2, -0.15) is 0 Å². The van der Waals surface area contributed by atoms with Crippen molar-refractivity contribution in [1.82, 2.24) is 15.1 Å². The highest BCUT2D eigenvalue weighted by molar-refractivity contribution is 6.05. The van der Waals surface area contributed by atoms with E-state index in [1.54, 1.807) is 4.90 Å². The van der Waals surface area contributed by atoms with Gasteiger partial charge in [-0.25, -0.2) is 0 Å². The van der Waals surface area contributed by atoms with Crippen LogP contribution in [-0.2, 0) is 22.6 Å². The Morgan fingerprint density at radius 1 is 0.944 bits per heavy atom. The molecule has 2 fully saturated rings. The molecule has 36 heavy (non-hydrogen) atoms. The second-order valence-electron chi connectivity index (χ2n) is 10.3. The highest BCUT2D eigenvalue weighted by Gasteiger charge is 2.39. The molecule has 2 saturated heterocycles. The molecule has 7 heteroatoms. The summed E-state index contributed by atoms with van der Waals surface area (Å²) < 4.78 is 0. The van der Waals surface area contributed by atoms with E-state index in [1.807, 2.05) is 12.1 Å². The third kappa shape index (κ3) is 5.31. The maximum atomic E-state index is 13.0. The van der Waals surface area contributed by atoms with Gasteiger partial charge in [-0.1, -0.05) is 30.7 Å². The first kappa shape index (κ1) is 24.5. The Hall–Kier alpha value is -3.19. The van der Waals surface area contributed by atoms with Gasteiger partial charge >= 0.3 is 0 Å². The van der Waals surface area contributed by atoms with E-state index in [0.29, 0.717) is 18.5 Å². The zero-order valence-electron chi connectivity index (χ0n) is 21.2. The van der Waals surface area contributed by atoms with Gasteiger partial charge < -0.3 is 9.80 Å². The monoisotopic (exact) mass is 488 g/mol. The van der Waals surface area contributed by atoms with E-state index < -0.39 is 6.04 Å². The maximum Gasteiger partial charge on any atom is 0.255 e. The molecule has 1 unspecified atom stereocenters. The number of hydrogen-bond donors (Lipinski definition) is 1. The summed E-state index contributed by atoms with van der Waals surface area (Å²) in [4.78, 5) is 43.5. The molecule has 0 bridgehead atoms. The van der Waals surface area contributed by atoms with Crippen LogP contribution in [0.25, 0.3) is 0 Å². The Morgan fingerprint density at radius 2 is 1.75 bits per heavy atom. The number of piperazine rings is 1. The summed E-state index contributed by atoms with van der Waals surface area (Å²) in [5, 5.41) is 2.38. The van der Waals surface area contributed by atoms with E-state index in [-0.39, 0.29) is 24.1 Å². The number of aryl methyl sites for hydroxylation is 2. The fraction of sp³-hybridized carbons (Fsp3) is 0.483. The Morgan fingerprint density at radius 3 is 2.53 bits per heavy atom. The van der Waals surface area contributed by atoms with Crippen molar-refractivity contribution in [2.75, 3.05) is 37.6 Å². The number of nitrogens with one attached hydrogen (secondary N) is 1. The van der Waals surface area contributed by atoms with Crippen molar-refractivity contribution in [3.05, 3.63) is 64.7 Å². The predicted molar refractivity (Wildman–Crippen MR) is 140 cm³/mol. The molecule has 1 N–H and O–H groups in total. The van der Waals surface area contributed by atoms with Gasteiger partial charge in [-0.05, 0) is 74.0 Å². The van der Waals surface area contributed by atoms with E-state index >= 15 is 0 Å². The molecule has 0 spiro atoms. The number of fused-ring (bicyclic) bond motifs is 1. The molecule has 7 nitrogen and oxygen atoms in total. The lowest BCUT2D eigenvalue weighted by molar-refractivity contribution is -0.136. The Bertz CT molecular complexity index is 1140. The summed E-state index contributed by atoms with van der Waals surface area (Å²) in [5.41, 5.74) is 5.62.